The van der Waals surface area contributed by atoms with Crippen LogP contribution in [-0.2, 0) is 4.74 Å². The van der Waals surface area contributed by atoms with Gasteiger partial charge in [-0.05, 0) is 58.6 Å². The highest BCUT2D eigenvalue weighted by Crippen LogP contribution is 2.43. The predicted octanol–water partition coefficient (Wildman–Crippen LogP) is 2.77. The third-order valence-electron chi connectivity index (χ3n) is 6.74. The van der Waals surface area contributed by atoms with Crippen molar-refractivity contribution in [1.82, 2.24) is 14.1 Å². The Balaban J connectivity index is 1.62. The molecule has 2 aromatic rings. The number of nitrogens with one attached hydrogen (secondary N) is 1. The first kappa shape index (κ1) is 23.2. The molecular formula is C23H29ClFN5O4. The van der Waals surface area contributed by atoms with Crippen molar-refractivity contribution in [3.05, 3.63) is 37.7 Å². The van der Waals surface area contributed by atoms with Gasteiger partial charge in [0.2, 0.25) is 0 Å². The number of fused-ring (bicyclic) bond motifs is 2. The maximum atomic E-state index is 15.4. The Labute approximate surface area is 201 Å². The van der Waals surface area contributed by atoms with Crippen LogP contribution in [0.5, 0.6) is 0 Å². The maximum Gasteiger partial charge on any atom is 0.427 e. The van der Waals surface area contributed by atoms with Crippen molar-refractivity contribution in [1.29, 1.82) is 0 Å². The van der Waals surface area contributed by atoms with Crippen LogP contribution in [0.15, 0.2) is 15.7 Å². The molecule has 3 fully saturated rings. The van der Waals surface area contributed by atoms with Gasteiger partial charge in [-0.3, -0.25) is 9.36 Å². The quantitative estimate of drug-likeness (QED) is 0.707. The number of amides is 1. The van der Waals surface area contributed by atoms with Gasteiger partial charge >= 0.3 is 11.8 Å². The van der Waals surface area contributed by atoms with Crippen LogP contribution in [0.4, 0.5) is 14.9 Å². The third kappa shape index (κ3) is 3.96. The molecule has 0 radical (unpaired) electrons. The van der Waals surface area contributed by atoms with E-state index in [1.54, 1.807) is 20.8 Å². The number of ether oxygens (including phenoxy) is 1. The van der Waals surface area contributed by atoms with Crippen LogP contribution in [0, 0.1) is 17.7 Å². The Morgan fingerprint density at radius 3 is 2.32 bits per heavy atom. The van der Waals surface area contributed by atoms with Gasteiger partial charge in [0.25, 0.3) is 5.56 Å². The summed E-state index contributed by atoms with van der Waals surface area (Å²) in [7, 11) is 2.08. The lowest BCUT2D eigenvalue weighted by atomic mass is 10.0. The molecule has 5 rings (SSSR count). The average Bonchev–Trinajstić information content (AvgIpc) is 3.38. The van der Waals surface area contributed by atoms with Gasteiger partial charge in [-0.1, -0.05) is 11.6 Å². The van der Waals surface area contributed by atoms with Gasteiger partial charge in [0.1, 0.15) is 11.4 Å². The van der Waals surface area contributed by atoms with Crippen LogP contribution in [-0.4, -0.2) is 59.1 Å². The molecule has 1 aromatic carbocycles. The van der Waals surface area contributed by atoms with E-state index in [1.807, 2.05) is 4.90 Å². The van der Waals surface area contributed by atoms with Crippen molar-refractivity contribution in [2.45, 2.75) is 45.3 Å². The summed E-state index contributed by atoms with van der Waals surface area (Å²) >= 11 is 6.77. The summed E-state index contributed by atoms with van der Waals surface area (Å²) in [6.45, 7) is 8.23. The molecule has 3 heterocycles. The van der Waals surface area contributed by atoms with E-state index in [-0.39, 0.29) is 27.7 Å². The largest absolute Gasteiger partial charge is 0.443 e. The number of likely N-dealkylation sites (tertiary alicyclic amines) is 1. The van der Waals surface area contributed by atoms with Gasteiger partial charge in [0.05, 0.1) is 21.6 Å². The molecule has 184 valence electrons. The van der Waals surface area contributed by atoms with Gasteiger partial charge in [-0.15, -0.1) is 0 Å². The van der Waals surface area contributed by atoms with Crippen LogP contribution >= 0.6 is 11.6 Å². The highest BCUT2D eigenvalue weighted by molar-refractivity contribution is 6.38. The summed E-state index contributed by atoms with van der Waals surface area (Å²) in [5, 5.41) is 0.00165. The summed E-state index contributed by atoms with van der Waals surface area (Å²) in [5.74, 6) is 0.230. The zero-order chi connectivity index (χ0) is 24.5. The highest BCUT2D eigenvalue weighted by Gasteiger charge is 2.41. The van der Waals surface area contributed by atoms with Crippen molar-refractivity contribution >= 4 is 34.3 Å². The standard InChI is InChI=1S/C23H29ClFN5O4/c1-23(2,3)34-21(32)26-30-20(31)15-7-16(25)19(28-10-12-8-27(4)9-13(12)11-28)17(24)18(15)29(22(30)33)14-5-6-14/h7,12-14H,5-6,8-11H2,1-4H3,(H,26,32). The highest BCUT2D eigenvalue weighted by atomic mass is 35.5. The van der Waals surface area contributed by atoms with Crippen molar-refractivity contribution in [2.75, 3.05) is 43.6 Å². The number of aromatic nitrogens is 2. The number of benzene rings is 1. The molecule has 9 nitrogen and oxygen atoms in total. The van der Waals surface area contributed by atoms with E-state index < -0.39 is 28.8 Å². The lowest BCUT2D eigenvalue weighted by molar-refractivity contribution is 0.0610. The van der Waals surface area contributed by atoms with Crippen molar-refractivity contribution in [2.24, 2.45) is 11.8 Å². The van der Waals surface area contributed by atoms with Gasteiger partial charge < -0.3 is 14.5 Å². The molecule has 1 saturated carbocycles. The number of nitrogens with zero attached hydrogens (tertiary/aromatic N) is 4. The predicted molar refractivity (Wildman–Crippen MR) is 128 cm³/mol. The Bertz CT molecular complexity index is 1280. The third-order valence-corrected chi connectivity index (χ3v) is 7.10. The normalized spacial score (nSPS) is 22.9. The molecule has 2 unspecified atom stereocenters. The second-order valence-electron chi connectivity index (χ2n) is 10.7. The fourth-order valence-corrected chi connectivity index (χ4v) is 5.67. The Morgan fingerprint density at radius 1 is 1.15 bits per heavy atom. The lowest BCUT2D eigenvalue weighted by Crippen LogP contribution is -2.48. The van der Waals surface area contributed by atoms with E-state index in [0.717, 1.165) is 32.0 Å². The molecule has 2 atom stereocenters. The number of anilines is 1. The summed E-state index contributed by atoms with van der Waals surface area (Å²) in [6.07, 6.45) is 0.497. The first-order valence-electron chi connectivity index (χ1n) is 11.6. The molecule has 34 heavy (non-hydrogen) atoms. The topological polar surface area (TPSA) is 88.8 Å². The zero-order valence-electron chi connectivity index (χ0n) is 19.7. The summed E-state index contributed by atoms with van der Waals surface area (Å²) in [6, 6.07) is 0.953. The minimum Gasteiger partial charge on any atom is -0.443 e. The van der Waals surface area contributed by atoms with Crippen LogP contribution < -0.4 is 21.6 Å². The maximum absolute atomic E-state index is 15.4. The fourth-order valence-electron chi connectivity index (χ4n) is 5.27. The molecule has 0 spiro atoms. The van der Waals surface area contributed by atoms with Crippen molar-refractivity contribution in [3.63, 3.8) is 0 Å². The number of carbonyl (C=O) groups is 1. The second kappa shape index (κ2) is 7.98. The number of rotatable bonds is 3. The van der Waals surface area contributed by atoms with Gasteiger partial charge in [0, 0.05) is 32.2 Å². The summed E-state index contributed by atoms with van der Waals surface area (Å²) in [5.41, 5.74) is 0.258. The Morgan fingerprint density at radius 2 is 1.76 bits per heavy atom. The number of carbonyl (C=O) groups excluding carboxylic acids is 1. The molecule has 2 saturated heterocycles. The van der Waals surface area contributed by atoms with E-state index in [9.17, 15) is 14.4 Å². The number of halogens is 2. The van der Waals surface area contributed by atoms with Gasteiger partial charge in [-0.25, -0.2) is 19.4 Å². The number of hydrogen-bond donors (Lipinski definition) is 1. The first-order valence-corrected chi connectivity index (χ1v) is 11.9. The van der Waals surface area contributed by atoms with E-state index in [1.165, 1.54) is 4.57 Å². The molecule has 2 aliphatic heterocycles. The Hall–Kier alpha value is -2.59. The van der Waals surface area contributed by atoms with E-state index in [0.29, 0.717) is 29.6 Å². The molecular weight excluding hydrogens is 465 g/mol. The molecule has 1 aliphatic carbocycles. The second-order valence-corrected chi connectivity index (χ2v) is 11.1. The van der Waals surface area contributed by atoms with Crippen LogP contribution in [0.3, 0.4) is 0 Å². The molecule has 3 aliphatic rings. The molecule has 1 aromatic heterocycles. The molecule has 1 N–H and O–H groups in total. The zero-order valence-corrected chi connectivity index (χ0v) is 20.5. The lowest BCUT2D eigenvalue weighted by Gasteiger charge is -2.25. The molecule has 11 heteroatoms. The minimum atomic E-state index is -0.954. The van der Waals surface area contributed by atoms with E-state index in [4.69, 9.17) is 16.3 Å². The average molecular weight is 494 g/mol. The SMILES string of the molecule is CN1CC2CN(c3c(F)cc4c(=O)n(NC(=O)OC(C)(C)C)c(=O)n(C5CC5)c4c3Cl)CC2C1. The monoisotopic (exact) mass is 493 g/mol. The van der Waals surface area contributed by atoms with Crippen molar-refractivity contribution < 1.29 is 13.9 Å². The first-order chi connectivity index (χ1) is 15.9. The van der Waals surface area contributed by atoms with Crippen LogP contribution in [0.1, 0.15) is 39.7 Å². The summed E-state index contributed by atoms with van der Waals surface area (Å²) in [4.78, 5) is 43.1. The minimum absolute atomic E-state index is 0.0621. The molecule has 0 bridgehead atoms. The fraction of sp³-hybridized carbons (Fsp3) is 0.609. The Kier molecular flexibility index (Phi) is 5.44. The van der Waals surface area contributed by atoms with E-state index >= 15 is 4.39 Å². The van der Waals surface area contributed by atoms with E-state index in [2.05, 4.69) is 17.4 Å². The van der Waals surface area contributed by atoms with Gasteiger partial charge in [0.15, 0.2) is 0 Å². The van der Waals surface area contributed by atoms with Crippen molar-refractivity contribution in [3.8, 4) is 0 Å². The van der Waals surface area contributed by atoms with Gasteiger partial charge in [-0.2, -0.15) is 4.68 Å². The number of hydrogen-bond acceptors (Lipinski definition) is 6. The smallest absolute Gasteiger partial charge is 0.427 e. The van der Waals surface area contributed by atoms with Crippen LogP contribution in [0.25, 0.3) is 10.9 Å². The molecule has 1 amide bonds. The summed E-state index contributed by atoms with van der Waals surface area (Å²) < 4.78 is 22.6. The van der Waals surface area contributed by atoms with Crippen LogP contribution in [0.2, 0.25) is 5.02 Å².